The first kappa shape index (κ1) is 14.6. The molecule has 0 aliphatic heterocycles. The maximum absolute atomic E-state index is 12.0. The standard InChI is InChI=1S/C10H9BrN2O6S/c1-5-8(11)9(19-12-5)13-20(15,16)7-4-3-6(18-7)10(14)17-2/h3-4,13H,1-2H3. The van der Waals surface area contributed by atoms with Gasteiger partial charge in [0, 0.05) is 0 Å². The van der Waals surface area contributed by atoms with Crippen LogP contribution in [0.25, 0.3) is 0 Å². The number of carbonyl (C=O) groups excluding carboxylic acids is 1. The number of nitrogens with one attached hydrogen (secondary N) is 1. The Morgan fingerprint density at radius 3 is 2.70 bits per heavy atom. The number of hydrogen-bond acceptors (Lipinski definition) is 7. The lowest BCUT2D eigenvalue weighted by Gasteiger charge is -2.01. The molecule has 2 heterocycles. The van der Waals surface area contributed by atoms with Gasteiger partial charge in [-0.2, -0.15) is 8.42 Å². The Hall–Kier alpha value is -1.81. The molecule has 0 fully saturated rings. The van der Waals surface area contributed by atoms with Gasteiger partial charge in [-0.15, -0.1) is 0 Å². The minimum absolute atomic E-state index is 0.0847. The van der Waals surface area contributed by atoms with E-state index in [1.54, 1.807) is 6.92 Å². The van der Waals surface area contributed by atoms with Crippen LogP contribution in [0.2, 0.25) is 0 Å². The molecule has 0 saturated heterocycles. The Morgan fingerprint density at radius 1 is 1.45 bits per heavy atom. The number of aromatic nitrogens is 1. The number of carbonyl (C=O) groups is 1. The summed E-state index contributed by atoms with van der Waals surface area (Å²) in [6, 6.07) is 2.33. The van der Waals surface area contributed by atoms with Gasteiger partial charge in [-0.1, -0.05) is 5.16 Å². The molecule has 20 heavy (non-hydrogen) atoms. The lowest BCUT2D eigenvalue weighted by atomic mass is 10.5. The van der Waals surface area contributed by atoms with Crippen LogP contribution in [0.1, 0.15) is 16.2 Å². The molecule has 0 bridgehead atoms. The van der Waals surface area contributed by atoms with Crippen LogP contribution in [0.3, 0.4) is 0 Å². The normalized spacial score (nSPS) is 11.3. The van der Waals surface area contributed by atoms with Gasteiger partial charge in [0.2, 0.25) is 10.9 Å². The first-order valence-corrected chi connectivity index (χ1v) is 7.45. The maximum Gasteiger partial charge on any atom is 0.374 e. The fourth-order valence-electron chi connectivity index (χ4n) is 1.27. The molecule has 8 nitrogen and oxygen atoms in total. The molecule has 0 radical (unpaired) electrons. The number of furan rings is 1. The first-order valence-electron chi connectivity index (χ1n) is 5.18. The predicted octanol–water partition coefficient (Wildman–Crippen LogP) is 1.93. The molecule has 10 heteroatoms. The summed E-state index contributed by atoms with van der Waals surface area (Å²) in [5.41, 5.74) is 0.484. The second-order valence-electron chi connectivity index (χ2n) is 3.63. The number of methoxy groups -OCH3 is 1. The zero-order valence-corrected chi connectivity index (χ0v) is 12.7. The summed E-state index contributed by atoms with van der Waals surface area (Å²) >= 11 is 3.13. The average molecular weight is 365 g/mol. The first-order chi connectivity index (χ1) is 9.35. The summed E-state index contributed by atoms with van der Waals surface area (Å²) < 4.78 is 40.7. The number of halogens is 1. The third-order valence-electron chi connectivity index (χ3n) is 2.25. The molecule has 0 aromatic carbocycles. The number of rotatable bonds is 4. The monoisotopic (exact) mass is 364 g/mol. The van der Waals surface area contributed by atoms with Crippen LogP contribution in [-0.2, 0) is 14.8 Å². The fraction of sp³-hybridized carbons (Fsp3) is 0.200. The molecular formula is C10H9BrN2O6S. The number of ether oxygens (including phenoxy) is 1. The lowest BCUT2D eigenvalue weighted by molar-refractivity contribution is 0.0559. The van der Waals surface area contributed by atoms with Crippen molar-refractivity contribution < 1.29 is 26.9 Å². The number of esters is 1. The molecule has 0 spiro atoms. The van der Waals surface area contributed by atoms with Crippen molar-refractivity contribution in [2.45, 2.75) is 12.0 Å². The van der Waals surface area contributed by atoms with E-state index in [2.05, 4.69) is 30.5 Å². The van der Waals surface area contributed by atoms with E-state index >= 15 is 0 Å². The molecule has 0 atom stereocenters. The van der Waals surface area contributed by atoms with E-state index in [1.165, 1.54) is 6.07 Å². The SMILES string of the molecule is COC(=O)c1ccc(S(=O)(=O)Nc2onc(C)c2Br)o1. The zero-order chi connectivity index (χ0) is 14.9. The lowest BCUT2D eigenvalue weighted by Crippen LogP contribution is -2.12. The summed E-state index contributed by atoms with van der Waals surface area (Å²) in [4.78, 5) is 11.2. The van der Waals surface area contributed by atoms with Gasteiger partial charge in [-0.25, -0.2) is 9.52 Å². The third-order valence-corrected chi connectivity index (χ3v) is 4.39. The quantitative estimate of drug-likeness (QED) is 0.824. The molecule has 0 aliphatic carbocycles. The highest BCUT2D eigenvalue weighted by Gasteiger charge is 2.24. The van der Waals surface area contributed by atoms with Gasteiger partial charge >= 0.3 is 5.97 Å². The minimum atomic E-state index is -4.03. The number of aryl methyl sites for hydroxylation is 1. The molecule has 0 aliphatic rings. The number of anilines is 1. The van der Waals surface area contributed by atoms with Gasteiger partial charge in [0.15, 0.2) is 0 Å². The van der Waals surface area contributed by atoms with E-state index < -0.39 is 21.1 Å². The Balaban J connectivity index is 2.29. The fourth-order valence-corrected chi connectivity index (χ4v) is 2.58. The van der Waals surface area contributed by atoms with Crippen LogP contribution in [0.5, 0.6) is 0 Å². The van der Waals surface area contributed by atoms with E-state index in [4.69, 9.17) is 8.94 Å². The molecule has 0 saturated carbocycles. The van der Waals surface area contributed by atoms with Crippen molar-refractivity contribution >= 4 is 37.8 Å². The van der Waals surface area contributed by atoms with Crippen molar-refractivity contribution in [2.24, 2.45) is 0 Å². The van der Waals surface area contributed by atoms with E-state index in [-0.39, 0.29) is 11.6 Å². The van der Waals surface area contributed by atoms with Gasteiger partial charge < -0.3 is 13.7 Å². The van der Waals surface area contributed by atoms with Crippen molar-refractivity contribution in [3.8, 4) is 0 Å². The van der Waals surface area contributed by atoms with Crippen molar-refractivity contribution in [1.29, 1.82) is 0 Å². The van der Waals surface area contributed by atoms with Crippen molar-refractivity contribution in [3.63, 3.8) is 0 Å². The van der Waals surface area contributed by atoms with Gasteiger partial charge in [0.25, 0.3) is 15.9 Å². The van der Waals surface area contributed by atoms with Crippen LogP contribution >= 0.6 is 15.9 Å². The van der Waals surface area contributed by atoms with Crippen LogP contribution in [0.15, 0.2) is 30.6 Å². The molecule has 1 N–H and O–H groups in total. The average Bonchev–Trinajstić information content (AvgIpc) is 3.01. The molecule has 2 rings (SSSR count). The molecule has 0 unspecified atom stereocenters. The van der Waals surface area contributed by atoms with Crippen molar-refractivity contribution in [3.05, 3.63) is 28.1 Å². The molecule has 108 valence electrons. The minimum Gasteiger partial charge on any atom is -0.463 e. The molecule has 2 aromatic heterocycles. The molecule has 0 amide bonds. The van der Waals surface area contributed by atoms with E-state index in [1.807, 2.05) is 0 Å². The zero-order valence-electron chi connectivity index (χ0n) is 10.3. The van der Waals surface area contributed by atoms with Crippen LogP contribution in [0, 0.1) is 6.92 Å². The maximum atomic E-state index is 12.0. The summed E-state index contributed by atoms with van der Waals surface area (Å²) in [6.07, 6.45) is 0. The third kappa shape index (κ3) is 2.70. The van der Waals surface area contributed by atoms with Gasteiger partial charge in [0.1, 0.15) is 4.47 Å². The van der Waals surface area contributed by atoms with E-state index in [0.29, 0.717) is 10.2 Å². The Morgan fingerprint density at radius 2 is 2.15 bits per heavy atom. The predicted molar refractivity (Wildman–Crippen MR) is 69.8 cm³/mol. The highest BCUT2D eigenvalue weighted by atomic mass is 79.9. The summed E-state index contributed by atoms with van der Waals surface area (Å²) in [7, 11) is -2.87. The second kappa shape index (κ2) is 5.29. The summed E-state index contributed by atoms with van der Waals surface area (Å²) in [6.45, 7) is 1.63. The number of nitrogens with zero attached hydrogens (tertiary/aromatic N) is 1. The number of sulfonamides is 1. The van der Waals surface area contributed by atoms with Gasteiger partial charge in [-0.05, 0) is 35.0 Å². The Kier molecular flexibility index (Phi) is 3.86. The van der Waals surface area contributed by atoms with Crippen LogP contribution in [-0.4, -0.2) is 26.7 Å². The van der Waals surface area contributed by atoms with Gasteiger partial charge in [0.05, 0.1) is 12.8 Å². The van der Waals surface area contributed by atoms with Crippen LogP contribution in [0.4, 0.5) is 5.88 Å². The Bertz CT molecular complexity index is 748. The second-order valence-corrected chi connectivity index (χ2v) is 6.03. The molecule has 2 aromatic rings. The largest absolute Gasteiger partial charge is 0.463 e. The Labute approximate surface area is 122 Å². The highest BCUT2D eigenvalue weighted by Crippen LogP contribution is 2.28. The summed E-state index contributed by atoms with van der Waals surface area (Å²) in [5.74, 6) is -1.08. The van der Waals surface area contributed by atoms with Crippen molar-refractivity contribution in [2.75, 3.05) is 11.8 Å². The smallest absolute Gasteiger partial charge is 0.374 e. The van der Waals surface area contributed by atoms with Crippen LogP contribution < -0.4 is 4.72 Å². The van der Waals surface area contributed by atoms with Crippen molar-refractivity contribution in [1.82, 2.24) is 5.16 Å². The van der Waals surface area contributed by atoms with Gasteiger partial charge in [-0.3, -0.25) is 0 Å². The number of hydrogen-bond donors (Lipinski definition) is 1. The topological polar surface area (TPSA) is 112 Å². The molecular weight excluding hydrogens is 356 g/mol. The van der Waals surface area contributed by atoms with E-state index in [9.17, 15) is 13.2 Å². The highest BCUT2D eigenvalue weighted by molar-refractivity contribution is 9.10. The summed E-state index contributed by atoms with van der Waals surface area (Å²) in [5, 5.41) is 3.14. The van der Waals surface area contributed by atoms with E-state index in [0.717, 1.165) is 13.2 Å².